The number of carbonyl (C=O) groups excluding carboxylic acids is 1. The Labute approximate surface area is 123 Å². The van der Waals surface area contributed by atoms with Gasteiger partial charge in [-0.2, -0.15) is 0 Å². The van der Waals surface area contributed by atoms with E-state index in [1.807, 2.05) is 38.1 Å². The summed E-state index contributed by atoms with van der Waals surface area (Å²) in [5.41, 5.74) is -0.0741. The van der Waals surface area contributed by atoms with Crippen LogP contribution in [0.1, 0.15) is 20.3 Å². The Morgan fingerprint density at radius 1 is 1.37 bits per heavy atom. The van der Waals surface area contributed by atoms with E-state index in [1.165, 1.54) is 11.8 Å². The molecule has 0 spiro atoms. The third-order valence-corrected chi connectivity index (χ3v) is 4.00. The molecule has 106 valence electrons. The Hall–Kier alpha value is -0.710. The fourth-order valence-electron chi connectivity index (χ4n) is 1.46. The maximum atomic E-state index is 11.7. The SMILES string of the molecule is CC(C)(CCO)CNC(=O)CSc1ccc(Cl)cc1. The summed E-state index contributed by atoms with van der Waals surface area (Å²) in [6.07, 6.45) is 0.678. The van der Waals surface area contributed by atoms with E-state index in [4.69, 9.17) is 16.7 Å². The highest BCUT2D eigenvalue weighted by Gasteiger charge is 2.17. The molecular weight excluding hydrogens is 282 g/mol. The molecule has 0 bridgehead atoms. The molecule has 19 heavy (non-hydrogen) atoms. The van der Waals surface area contributed by atoms with Crippen LogP contribution in [0.4, 0.5) is 0 Å². The van der Waals surface area contributed by atoms with Crippen molar-refractivity contribution in [1.82, 2.24) is 5.32 Å². The molecule has 3 nitrogen and oxygen atoms in total. The summed E-state index contributed by atoms with van der Waals surface area (Å²) in [6.45, 7) is 4.77. The summed E-state index contributed by atoms with van der Waals surface area (Å²) < 4.78 is 0. The number of aliphatic hydroxyl groups is 1. The van der Waals surface area contributed by atoms with Crippen LogP contribution in [0, 0.1) is 5.41 Å². The van der Waals surface area contributed by atoms with E-state index < -0.39 is 0 Å². The number of halogens is 1. The molecule has 0 heterocycles. The lowest BCUT2D eigenvalue weighted by atomic mass is 9.90. The lowest BCUT2D eigenvalue weighted by Gasteiger charge is -2.23. The summed E-state index contributed by atoms with van der Waals surface area (Å²) in [6, 6.07) is 7.42. The number of hydrogen-bond acceptors (Lipinski definition) is 3. The lowest BCUT2D eigenvalue weighted by Crippen LogP contribution is -2.35. The summed E-state index contributed by atoms with van der Waals surface area (Å²) in [5, 5.41) is 12.5. The summed E-state index contributed by atoms with van der Waals surface area (Å²) in [5.74, 6) is 0.391. The van der Waals surface area contributed by atoms with Gasteiger partial charge in [-0.15, -0.1) is 11.8 Å². The van der Waals surface area contributed by atoms with Crippen LogP contribution in [-0.2, 0) is 4.79 Å². The number of amides is 1. The van der Waals surface area contributed by atoms with E-state index in [2.05, 4.69) is 5.32 Å². The minimum atomic E-state index is -0.0741. The first kappa shape index (κ1) is 16.3. The van der Waals surface area contributed by atoms with Gasteiger partial charge in [-0.25, -0.2) is 0 Å². The van der Waals surface area contributed by atoms with Crippen LogP contribution in [0.3, 0.4) is 0 Å². The van der Waals surface area contributed by atoms with Gasteiger partial charge < -0.3 is 10.4 Å². The molecule has 0 atom stereocenters. The highest BCUT2D eigenvalue weighted by Crippen LogP contribution is 2.21. The van der Waals surface area contributed by atoms with Crippen molar-refractivity contribution in [1.29, 1.82) is 0 Å². The predicted octanol–water partition coefficient (Wildman–Crippen LogP) is 2.96. The predicted molar refractivity (Wildman–Crippen MR) is 80.7 cm³/mol. The summed E-state index contributed by atoms with van der Waals surface area (Å²) >= 11 is 7.28. The minimum Gasteiger partial charge on any atom is -0.396 e. The number of aliphatic hydroxyl groups excluding tert-OH is 1. The zero-order chi connectivity index (χ0) is 14.3. The summed E-state index contributed by atoms with van der Waals surface area (Å²) in [7, 11) is 0. The van der Waals surface area contributed by atoms with Gasteiger partial charge in [-0.3, -0.25) is 4.79 Å². The second-order valence-corrected chi connectivity index (χ2v) is 6.64. The van der Waals surface area contributed by atoms with Crippen LogP contribution < -0.4 is 5.32 Å². The molecule has 0 radical (unpaired) electrons. The van der Waals surface area contributed by atoms with Crippen molar-refractivity contribution in [3.8, 4) is 0 Å². The van der Waals surface area contributed by atoms with Crippen molar-refractivity contribution in [2.75, 3.05) is 18.9 Å². The van der Waals surface area contributed by atoms with E-state index in [1.54, 1.807) is 0 Å². The van der Waals surface area contributed by atoms with Gasteiger partial charge in [0, 0.05) is 23.1 Å². The molecule has 1 rings (SSSR count). The standard InChI is InChI=1S/C14H20ClNO2S/c1-14(2,7-8-17)10-16-13(18)9-19-12-5-3-11(15)4-6-12/h3-6,17H,7-10H2,1-2H3,(H,16,18). The number of nitrogens with one attached hydrogen (secondary N) is 1. The van der Waals surface area contributed by atoms with Gasteiger partial charge in [0.15, 0.2) is 0 Å². The Balaban J connectivity index is 2.30. The molecule has 0 saturated carbocycles. The second-order valence-electron chi connectivity index (χ2n) is 5.16. The zero-order valence-electron chi connectivity index (χ0n) is 11.3. The van der Waals surface area contributed by atoms with Gasteiger partial charge in [0.1, 0.15) is 0 Å². The molecule has 0 aliphatic heterocycles. The number of carbonyl (C=O) groups is 1. The van der Waals surface area contributed by atoms with Crippen molar-refractivity contribution in [2.24, 2.45) is 5.41 Å². The monoisotopic (exact) mass is 301 g/mol. The van der Waals surface area contributed by atoms with E-state index in [9.17, 15) is 4.79 Å². The van der Waals surface area contributed by atoms with Crippen LogP contribution in [0.2, 0.25) is 5.02 Å². The Morgan fingerprint density at radius 3 is 2.58 bits per heavy atom. The quantitative estimate of drug-likeness (QED) is 0.761. The number of hydrogen-bond donors (Lipinski definition) is 2. The molecule has 0 aliphatic carbocycles. The third-order valence-electron chi connectivity index (χ3n) is 2.74. The average Bonchev–Trinajstić information content (AvgIpc) is 2.36. The second kappa shape index (κ2) is 7.78. The van der Waals surface area contributed by atoms with Gasteiger partial charge in [0.05, 0.1) is 5.75 Å². The van der Waals surface area contributed by atoms with Crippen molar-refractivity contribution in [3.63, 3.8) is 0 Å². The molecule has 0 unspecified atom stereocenters. The molecular formula is C14H20ClNO2S. The molecule has 0 aromatic heterocycles. The van der Waals surface area contributed by atoms with Crippen molar-refractivity contribution in [3.05, 3.63) is 29.3 Å². The maximum Gasteiger partial charge on any atom is 0.230 e. The van der Waals surface area contributed by atoms with Crippen LogP contribution in [0.15, 0.2) is 29.2 Å². The average molecular weight is 302 g/mol. The van der Waals surface area contributed by atoms with Gasteiger partial charge >= 0.3 is 0 Å². The smallest absolute Gasteiger partial charge is 0.230 e. The fourth-order valence-corrected chi connectivity index (χ4v) is 2.31. The zero-order valence-corrected chi connectivity index (χ0v) is 12.9. The number of rotatable bonds is 7. The van der Waals surface area contributed by atoms with Crippen molar-refractivity contribution < 1.29 is 9.90 Å². The normalized spacial score (nSPS) is 11.4. The van der Waals surface area contributed by atoms with E-state index in [0.717, 1.165) is 4.90 Å². The highest BCUT2D eigenvalue weighted by molar-refractivity contribution is 8.00. The molecule has 1 aromatic rings. The molecule has 5 heteroatoms. The van der Waals surface area contributed by atoms with Gasteiger partial charge in [0.2, 0.25) is 5.91 Å². The lowest BCUT2D eigenvalue weighted by molar-refractivity contribution is -0.119. The van der Waals surface area contributed by atoms with E-state index >= 15 is 0 Å². The highest BCUT2D eigenvalue weighted by atomic mass is 35.5. The minimum absolute atomic E-state index is 0.00552. The van der Waals surface area contributed by atoms with E-state index in [-0.39, 0.29) is 17.9 Å². The first-order valence-electron chi connectivity index (χ1n) is 6.19. The van der Waals surface area contributed by atoms with Crippen LogP contribution >= 0.6 is 23.4 Å². The molecule has 0 saturated heterocycles. The third kappa shape index (κ3) is 6.85. The van der Waals surface area contributed by atoms with Crippen molar-refractivity contribution in [2.45, 2.75) is 25.2 Å². The van der Waals surface area contributed by atoms with Crippen LogP contribution in [0.5, 0.6) is 0 Å². The number of thioether (sulfide) groups is 1. The largest absolute Gasteiger partial charge is 0.396 e. The number of benzene rings is 1. The molecule has 2 N–H and O–H groups in total. The Bertz CT molecular complexity index is 406. The Kier molecular flexibility index (Phi) is 6.69. The van der Waals surface area contributed by atoms with Gasteiger partial charge in [-0.1, -0.05) is 25.4 Å². The molecule has 1 aromatic carbocycles. The van der Waals surface area contributed by atoms with Gasteiger partial charge in [0.25, 0.3) is 0 Å². The molecule has 0 fully saturated rings. The van der Waals surface area contributed by atoms with Crippen LogP contribution in [0.25, 0.3) is 0 Å². The maximum absolute atomic E-state index is 11.7. The first-order valence-corrected chi connectivity index (χ1v) is 7.55. The molecule has 0 aliphatic rings. The van der Waals surface area contributed by atoms with Crippen molar-refractivity contribution >= 4 is 29.3 Å². The summed E-state index contributed by atoms with van der Waals surface area (Å²) in [4.78, 5) is 12.7. The fraction of sp³-hybridized carbons (Fsp3) is 0.500. The van der Waals surface area contributed by atoms with E-state index in [0.29, 0.717) is 23.7 Å². The Morgan fingerprint density at radius 2 is 2.00 bits per heavy atom. The first-order chi connectivity index (χ1) is 8.93. The van der Waals surface area contributed by atoms with Crippen LogP contribution in [-0.4, -0.2) is 29.9 Å². The topological polar surface area (TPSA) is 49.3 Å². The molecule has 1 amide bonds. The van der Waals surface area contributed by atoms with Gasteiger partial charge in [-0.05, 0) is 36.1 Å².